The van der Waals surface area contributed by atoms with Gasteiger partial charge < -0.3 is 10.4 Å². The van der Waals surface area contributed by atoms with E-state index in [2.05, 4.69) is 11.9 Å². The van der Waals surface area contributed by atoms with Crippen LogP contribution in [0.4, 0.5) is 0 Å². The Balaban J connectivity index is 1.91. The molecule has 23 heavy (non-hydrogen) atoms. The van der Waals surface area contributed by atoms with Gasteiger partial charge in [-0.05, 0) is 26.3 Å². The van der Waals surface area contributed by atoms with E-state index in [1.54, 1.807) is 32.0 Å². The van der Waals surface area contributed by atoms with Gasteiger partial charge in [-0.1, -0.05) is 24.8 Å². The highest BCUT2D eigenvalue weighted by Crippen LogP contribution is 2.30. The summed E-state index contributed by atoms with van der Waals surface area (Å²) in [4.78, 5) is 36.6. The molecule has 1 aliphatic heterocycles. The number of fused-ring (bicyclic) bond motifs is 1. The Morgan fingerprint density at radius 1 is 1.26 bits per heavy atom. The summed E-state index contributed by atoms with van der Waals surface area (Å²) in [6.45, 7) is 7.18. The van der Waals surface area contributed by atoms with Crippen LogP contribution in [0.2, 0.25) is 0 Å². The molecule has 0 atom stereocenters. The quantitative estimate of drug-likeness (QED) is 0.837. The van der Waals surface area contributed by atoms with Gasteiger partial charge in [-0.25, -0.2) is 0 Å². The van der Waals surface area contributed by atoms with Crippen molar-refractivity contribution in [2.24, 2.45) is 5.41 Å². The van der Waals surface area contributed by atoms with Gasteiger partial charge in [0.1, 0.15) is 6.54 Å². The minimum atomic E-state index is -0.912. The van der Waals surface area contributed by atoms with Crippen molar-refractivity contribution in [2.45, 2.75) is 20.3 Å². The summed E-state index contributed by atoms with van der Waals surface area (Å²) < 4.78 is 0. The zero-order chi connectivity index (χ0) is 17.2. The summed E-state index contributed by atoms with van der Waals surface area (Å²) in [6, 6.07) is 7.08. The van der Waals surface area contributed by atoms with Gasteiger partial charge >= 0.3 is 5.97 Å². The van der Waals surface area contributed by atoms with Gasteiger partial charge in [0.05, 0.1) is 5.41 Å². The standard InChI is InChI=1S/C17H20N2O4/c1-11-12-6-4-5-7-13(12)15(21)19(11)10-14(20)18-9-8-17(2,3)16(22)23/h4-7H,1,8-10H2,2-3H3,(H,18,20)(H,22,23). The molecule has 0 radical (unpaired) electrons. The number of nitrogens with zero attached hydrogens (tertiary/aromatic N) is 1. The summed E-state index contributed by atoms with van der Waals surface area (Å²) in [5.41, 5.74) is 0.873. The summed E-state index contributed by atoms with van der Waals surface area (Å²) in [5, 5.41) is 11.7. The van der Waals surface area contributed by atoms with E-state index in [0.717, 1.165) is 5.56 Å². The molecule has 0 aromatic heterocycles. The van der Waals surface area contributed by atoms with Crippen LogP contribution in [0.25, 0.3) is 5.70 Å². The van der Waals surface area contributed by atoms with Crippen LogP contribution in [0, 0.1) is 5.41 Å². The smallest absolute Gasteiger partial charge is 0.309 e. The molecular weight excluding hydrogens is 296 g/mol. The Hall–Kier alpha value is -2.63. The van der Waals surface area contributed by atoms with E-state index >= 15 is 0 Å². The van der Waals surface area contributed by atoms with Crippen molar-refractivity contribution >= 4 is 23.5 Å². The largest absolute Gasteiger partial charge is 0.481 e. The normalized spacial score (nSPS) is 13.9. The fourth-order valence-electron chi connectivity index (χ4n) is 2.32. The van der Waals surface area contributed by atoms with E-state index in [-0.39, 0.29) is 24.9 Å². The molecule has 1 aromatic rings. The van der Waals surface area contributed by atoms with E-state index in [4.69, 9.17) is 5.11 Å². The van der Waals surface area contributed by atoms with Crippen molar-refractivity contribution in [2.75, 3.05) is 13.1 Å². The third-order valence-electron chi connectivity index (χ3n) is 3.99. The fraction of sp³-hybridized carbons (Fsp3) is 0.353. The Morgan fingerprint density at radius 3 is 2.43 bits per heavy atom. The molecule has 2 amide bonds. The van der Waals surface area contributed by atoms with Crippen LogP contribution in [0.15, 0.2) is 30.8 Å². The van der Waals surface area contributed by atoms with Gasteiger partial charge in [0.2, 0.25) is 5.91 Å². The number of rotatable bonds is 6. The molecule has 6 nitrogen and oxygen atoms in total. The highest BCUT2D eigenvalue weighted by Gasteiger charge is 2.32. The maximum atomic E-state index is 12.3. The summed E-state index contributed by atoms with van der Waals surface area (Å²) in [6.07, 6.45) is 0.309. The van der Waals surface area contributed by atoms with Crippen molar-refractivity contribution in [1.82, 2.24) is 10.2 Å². The van der Waals surface area contributed by atoms with E-state index in [9.17, 15) is 14.4 Å². The number of carboxylic acids is 1. The van der Waals surface area contributed by atoms with Crippen LogP contribution in [-0.4, -0.2) is 40.9 Å². The van der Waals surface area contributed by atoms with Crippen LogP contribution in [0.1, 0.15) is 36.2 Å². The molecule has 2 rings (SSSR count). The third kappa shape index (κ3) is 3.41. The van der Waals surface area contributed by atoms with E-state index in [0.29, 0.717) is 17.7 Å². The SMILES string of the molecule is C=C1c2ccccc2C(=O)N1CC(=O)NCCC(C)(C)C(=O)O. The molecular formula is C17H20N2O4. The van der Waals surface area contributed by atoms with Crippen molar-refractivity contribution in [3.05, 3.63) is 42.0 Å². The summed E-state index contributed by atoms with van der Waals surface area (Å²) in [5.74, 6) is -1.49. The number of aliphatic carboxylic acids is 1. The van der Waals surface area contributed by atoms with Gasteiger partial charge in [0.25, 0.3) is 5.91 Å². The number of hydrogen-bond donors (Lipinski definition) is 2. The monoisotopic (exact) mass is 316 g/mol. The van der Waals surface area contributed by atoms with Crippen molar-refractivity contribution < 1.29 is 19.5 Å². The van der Waals surface area contributed by atoms with Crippen LogP contribution < -0.4 is 5.32 Å². The number of hydrogen-bond acceptors (Lipinski definition) is 3. The first-order valence-electron chi connectivity index (χ1n) is 7.34. The second-order valence-corrected chi connectivity index (χ2v) is 6.17. The Kier molecular flexibility index (Phi) is 4.54. The van der Waals surface area contributed by atoms with Crippen molar-refractivity contribution in [3.8, 4) is 0 Å². The molecule has 0 aliphatic carbocycles. The Morgan fingerprint density at radius 2 is 1.87 bits per heavy atom. The third-order valence-corrected chi connectivity index (χ3v) is 3.99. The van der Waals surface area contributed by atoms with Crippen LogP contribution >= 0.6 is 0 Å². The zero-order valence-electron chi connectivity index (χ0n) is 13.3. The molecule has 6 heteroatoms. The molecule has 0 fully saturated rings. The van der Waals surface area contributed by atoms with Crippen LogP contribution in [0.3, 0.4) is 0 Å². The lowest BCUT2D eigenvalue weighted by molar-refractivity contribution is -0.147. The van der Waals surface area contributed by atoms with Gasteiger partial charge in [-0.15, -0.1) is 0 Å². The van der Waals surface area contributed by atoms with E-state index < -0.39 is 11.4 Å². The maximum absolute atomic E-state index is 12.3. The lowest BCUT2D eigenvalue weighted by Crippen LogP contribution is -2.38. The molecule has 0 spiro atoms. The highest BCUT2D eigenvalue weighted by molar-refractivity contribution is 6.10. The molecule has 0 saturated heterocycles. The van der Waals surface area contributed by atoms with E-state index in [1.807, 2.05) is 6.07 Å². The summed E-state index contributed by atoms with van der Waals surface area (Å²) >= 11 is 0. The zero-order valence-corrected chi connectivity index (χ0v) is 13.3. The molecule has 1 aromatic carbocycles. The van der Waals surface area contributed by atoms with Gasteiger partial charge in [-0.2, -0.15) is 0 Å². The molecule has 2 N–H and O–H groups in total. The fourth-order valence-corrected chi connectivity index (χ4v) is 2.32. The molecule has 0 unspecified atom stereocenters. The average molecular weight is 316 g/mol. The van der Waals surface area contributed by atoms with Gasteiger partial charge in [0, 0.05) is 23.4 Å². The number of carboxylic acid groups (broad SMARTS) is 1. The molecule has 0 bridgehead atoms. The predicted molar refractivity (Wildman–Crippen MR) is 85.6 cm³/mol. The Bertz CT molecular complexity index is 644. The molecule has 0 saturated carbocycles. The number of benzene rings is 1. The van der Waals surface area contributed by atoms with E-state index in [1.165, 1.54) is 4.90 Å². The topological polar surface area (TPSA) is 86.7 Å². The second-order valence-electron chi connectivity index (χ2n) is 6.17. The van der Waals surface area contributed by atoms with Crippen LogP contribution in [0.5, 0.6) is 0 Å². The lowest BCUT2D eigenvalue weighted by Gasteiger charge is -2.20. The predicted octanol–water partition coefficient (Wildman–Crippen LogP) is 1.73. The first-order chi connectivity index (χ1) is 10.7. The minimum Gasteiger partial charge on any atom is -0.481 e. The lowest BCUT2D eigenvalue weighted by atomic mass is 9.90. The van der Waals surface area contributed by atoms with Crippen molar-refractivity contribution in [3.63, 3.8) is 0 Å². The van der Waals surface area contributed by atoms with Crippen molar-refractivity contribution in [1.29, 1.82) is 0 Å². The molecule has 1 heterocycles. The first-order valence-corrected chi connectivity index (χ1v) is 7.34. The Labute approximate surface area is 134 Å². The number of carbonyl (C=O) groups excluding carboxylic acids is 2. The number of amides is 2. The maximum Gasteiger partial charge on any atom is 0.309 e. The first kappa shape index (κ1) is 16.7. The average Bonchev–Trinajstić information content (AvgIpc) is 2.72. The van der Waals surface area contributed by atoms with Gasteiger partial charge in [-0.3, -0.25) is 19.3 Å². The van der Waals surface area contributed by atoms with Crippen LogP contribution in [-0.2, 0) is 9.59 Å². The summed E-state index contributed by atoms with van der Waals surface area (Å²) in [7, 11) is 0. The number of nitrogens with one attached hydrogen (secondary N) is 1. The minimum absolute atomic E-state index is 0.125. The number of carbonyl (C=O) groups is 3. The molecule has 1 aliphatic rings. The molecule has 122 valence electrons. The highest BCUT2D eigenvalue weighted by atomic mass is 16.4. The second kappa shape index (κ2) is 6.24. The van der Waals surface area contributed by atoms with Gasteiger partial charge in [0.15, 0.2) is 0 Å².